The second-order valence-corrected chi connectivity index (χ2v) is 8.60. The van der Waals surface area contributed by atoms with E-state index in [4.69, 9.17) is 0 Å². The van der Waals surface area contributed by atoms with Gasteiger partial charge in [-0.2, -0.15) is 0 Å². The summed E-state index contributed by atoms with van der Waals surface area (Å²) in [6, 6.07) is 10.6. The Morgan fingerprint density at radius 1 is 0.769 bits per heavy atom. The summed E-state index contributed by atoms with van der Waals surface area (Å²) in [5, 5.41) is 19.1. The van der Waals surface area contributed by atoms with Crippen LogP contribution in [0.2, 0.25) is 0 Å². The fraction of sp³-hybridized carbons (Fsp3) is 0.364. The molecular weight excluding hydrogens is 328 g/mol. The lowest BCUT2D eigenvalue weighted by atomic mass is 9.76. The standard InChI is InChI=1S/C22H26O4/c1-21(2,3)13-10-11-14(17(12-13)22(4,5)6)15-8-7-9-16(19(23)24)18(15)20(25)26/h7-12H,1-6H3,(H,23,24)(H,25,26). The molecule has 4 nitrogen and oxygen atoms in total. The maximum atomic E-state index is 11.8. The van der Waals surface area contributed by atoms with Crippen LogP contribution in [0.15, 0.2) is 36.4 Å². The van der Waals surface area contributed by atoms with Crippen LogP contribution in [0.1, 0.15) is 73.4 Å². The Balaban J connectivity index is 2.87. The molecule has 0 fully saturated rings. The highest BCUT2D eigenvalue weighted by Gasteiger charge is 2.27. The Bertz CT molecular complexity index is 865. The van der Waals surface area contributed by atoms with Crippen LogP contribution in [-0.2, 0) is 10.8 Å². The Labute approximate surface area is 154 Å². The molecule has 0 atom stereocenters. The van der Waals surface area contributed by atoms with Gasteiger partial charge >= 0.3 is 11.9 Å². The van der Waals surface area contributed by atoms with Crippen molar-refractivity contribution >= 4 is 11.9 Å². The van der Waals surface area contributed by atoms with E-state index in [1.165, 1.54) is 6.07 Å². The minimum atomic E-state index is -1.24. The first kappa shape index (κ1) is 19.7. The van der Waals surface area contributed by atoms with Gasteiger partial charge < -0.3 is 10.2 Å². The van der Waals surface area contributed by atoms with Crippen molar-refractivity contribution in [3.63, 3.8) is 0 Å². The van der Waals surface area contributed by atoms with Gasteiger partial charge in [-0.3, -0.25) is 0 Å². The third kappa shape index (κ3) is 3.79. The second-order valence-electron chi connectivity index (χ2n) is 8.60. The summed E-state index contributed by atoms with van der Waals surface area (Å²) in [5.74, 6) is -2.48. The van der Waals surface area contributed by atoms with E-state index in [0.717, 1.165) is 16.7 Å². The molecule has 0 aliphatic heterocycles. The number of hydrogen-bond acceptors (Lipinski definition) is 2. The lowest BCUT2D eigenvalue weighted by Crippen LogP contribution is -2.18. The highest BCUT2D eigenvalue weighted by molar-refractivity contribution is 6.06. The summed E-state index contributed by atoms with van der Waals surface area (Å²) in [7, 11) is 0. The zero-order valence-corrected chi connectivity index (χ0v) is 16.2. The van der Waals surface area contributed by atoms with Gasteiger partial charge in [0.05, 0.1) is 11.1 Å². The number of carbonyl (C=O) groups is 2. The van der Waals surface area contributed by atoms with Gasteiger partial charge in [0.25, 0.3) is 0 Å². The van der Waals surface area contributed by atoms with Gasteiger partial charge in [0, 0.05) is 0 Å². The number of rotatable bonds is 3. The maximum Gasteiger partial charge on any atom is 0.337 e. The van der Waals surface area contributed by atoms with Crippen molar-refractivity contribution in [2.75, 3.05) is 0 Å². The molecule has 0 unspecified atom stereocenters. The molecule has 0 amide bonds. The Morgan fingerprint density at radius 2 is 1.38 bits per heavy atom. The van der Waals surface area contributed by atoms with Crippen molar-refractivity contribution in [1.82, 2.24) is 0 Å². The average molecular weight is 354 g/mol. The zero-order valence-electron chi connectivity index (χ0n) is 16.2. The Kier molecular flexibility index (Phi) is 5.00. The zero-order chi connectivity index (χ0) is 19.9. The van der Waals surface area contributed by atoms with Gasteiger partial charge in [-0.15, -0.1) is 0 Å². The fourth-order valence-corrected chi connectivity index (χ4v) is 3.05. The van der Waals surface area contributed by atoms with Gasteiger partial charge in [-0.25, -0.2) is 9.59 Å². The largest absolute Gasteiger partial charge is 0.478 e. The lowest BCUT2D eigenvalue weighted by Gasteiger charge is -2.28. The third-order valence-electron chi connectivity index (χ3n) is 4.49. The van der Waals surface area contributed by atoms with Crippen LogP contribution in [0, 0.1) is 0 Å². The molecule has 2 rings (SSSR count). The molecule has 0 spiro atoms. The predicted octanol–water partition coefficient (Wildman–Crippen LogP) is 5.35. The molecule has 2 aromatic carbocycles. The van der Waals surface area contributed by atoms with Crippen molar-refractivity contribution in [1.29, 1.82) is 0 Å². The SMILES string of the molecule is CC(C)(C)c1ccc(-c2cccc(C(=O)O)c2C(=O)O)c(C(C)(C)C)c1. The summed E-state index contributed by atoms with van der Waals surface area (Å²) in [4.78, 5) is 23.4. The van der Waals surface area contributed by atoms with Crippen LogP contribution >= 0.6 is 0 Å². The fourth-order valence-electron chi connectivity index (χ4n) is 3.05. The van der Waals surface area contributed by atoms with Crippen LogP contribution in [0.25, 0.3) is 11.1 Å². The van der Waals surface area contributed by atoms with Crippen LogP contribution in [0.5, 0.6) is 0 Å². The first-order valence-corrected chi connectivity index (χ1v) is 8.59. The summed E-state index contributed by atoms with van der Waals surface area (Å²) in [5.41, 5.74) is 2.69. The van der Waals surface area contributed by atoms with Crippen molar-refractivity contribution in [3.8, 4) is 11.1 Å². The maximum absolute atomic E-state index is 11.8. The van der Waals surface area contributed by atoms with E-state index in [0.29, 0.717) is 5.56 Å². The van der Waals surface area contributed by atoms with Crippen LogP contribution in [-0.4, -0.2) is 22.2 Å². The molecule has 0 saturated carbocycles. The first-order valence-electron chi connectivity index (χ1n) is 8.59. The monoisotopic (exact) mass is 354 g/mol. The highest BCUT2D eigenvalue weighted by atomic mass is 16.4. The number of aromatic carboxylic acids is 2. The molecule has 0 aliphatic rings. The predicted molar refractivity (Wildman–Crippen MR) is 103 cm³/mol. The molecular formula is C22H26O4. The molecule has 0 saturated heterocycles. The lowest BCUT2D eigenvalue weighted by molar-refractivity contribution is 0.0652. The quantitative estimate of drug-likeness (QED) is 0.779. The van der Waals surface area contributed by atoms with E-state index in [2.05, 4.69) is 47.6 Å². The molecule has 0 bridgehead atoms. The number of carboxylic acid groups (broad SMARTS) is 2. The smallest absolute Gasteiger partial charge is 0.337 e. The third-order valence-corrected chi connectivity index (χ3v) is 4.49. The van der Waals surface area contributed by atoms with Crippen LogP contribution in [0.4, 0.5) is 0 Å². The number of carboxylic acids is 2. The van der Waals surface area contributed by atoms with Crippen molar-refractivity contribution in [2.45, 2.75) is 52.4 Å². The van der Waals surface area contributed by atoms with Crippen LogP contribution < -0.4 is 0 Å². The molecule has 0 aromatic heterocycles. The molecule has 0 heterocycles. The van der Waals surface area contributed by atoms with Gasteiger partial charge in [-0.1, -0.05) is 71.9 Å². The number of benzene rings is 2. The second kappa shape index (κ2) is 6.60. The number of hydrogen-bond donors (Lipinski definition) is 2. The average Bonchev–Trinajstić information content (AvgIpc) is 2.51. The van der Waals surface area contributed by atoms with E-state index in [9.17, 15) is 19.8 Å². The molecule has 2 N–H and O–H groups in total. The highest BCUT2D eigenvalue weighted by Crippen LogP contribution is 2.38. The first-order chi connectivity index (χ1) is 11.8. The minimum absolute atomic E-state index is 0.0446. The molecule has 138 valence electrons. The van der Waals surface area contributed by atoms with Crippen LogP contribution in [0.3, 0.4) is 0 Å². The van der Waals surface area contributed by atoms with E-state index in [1.54, 1.807) is 12.1 Å². The van der Waals surface area contributed by atoms with Gasteiger partial charge in [0.1, 0.15) is 0 Å². The van der Waals surface area contributed by atoms with E-state index >= 15 is 0 Å². The van der Waals surface area contributed by atoms with E-state index < -0.39 is 11.9 Å². The van der Waals surface area contributed by atoms with Gasteiger partial charge in [-0.05, 0) is 39.2 Å². The topological polar surface area (TPSA) is 74.6 Å². The molecule has 26 heavy (non-hydrogen) atoms. The van der Waals surface area contributed by atoms with Crippen molar-refractivity contribution < 1.29 is 19.8 Å². The molecule has 0 radical (unpaired) electrons. The normalized spacial score (nSPS) is 12.1. The van der Waals surface area contributed by atoms with Crippen molar-refractivity contribution in [2.24, 2.45) is 0 Å². The molecule has 2 aromatic rings. The summed E-state index contributed by atoms with van der Waals surface area (Å²) >= 11 is 0. The summed E-state index contributed by atoms with van der Waals surface area (Å²) in [6.07, 6.45) is 0. The molecule has 0 aliphatic carbocycles. The molecule has 4 heteroatoms. The summed E-state index contributed by atoms with van der Waals surface area (Å²) < 4.78 is 0. The minimum Gasteiger partial charge on any atom is -0.478 e. The van der Waals surface area contributed by atoms with Crippen molar-refractivity contribution in [3.05, 3.63) is 58.7 Å². The summed E-state index contributed by atoms with van der Waals surface area (Å²) in [6.45, 7) is 12.6. The van der Waals surface area contributed by atoms with Gasteiger partial charge in [0.2, 0.25) is 0 Å². The van der Waals surface area contributed by atoms with E-state index in [1.807, 2.05) is 12.1 Å². The Morgan fingerprint density at radius 3 is 1.85 bits per heavy atom. The van der Waals surface area contributed by atoms with E-state index in [-0.39, 0.29) is 22.0 Å². The van der Waals surface area contributed by atoms with Gasteiger partial charge in [0.15, 0.2) is 0 Å². The Hall–Kier alpha value is -2.62.